The number of alkyl halides is 3. The van der Waals surface area contributed by atoms with E-state index in [0.717, 1.165) is 18.2 Å². The number of hydrogen-bond acceptors (Lipinski definition) is 19. The number of esters is 1. The number of hydrogen-bond donors (Lipinski definition) is 11. The first-order valence-electron chi connectivity index (χ1n) is 25.4. The van der Waals surface area contributed by atoms with Crippen LogP contribution in [-0.4, -0.2) is 151 Å². The number of aryl methyl sites for hydroxylation is 1. The number of ether oxygens (including phenoxy) is 2. The Morgan fingerprint density at radius 2 is 1.53 bits per heavy atom. The standard InChI is InChI=1S/C51H53F4N10O17P/c1-3-50(76)29-14-34-43-27(20-64(34)48(74)28(29)21-80-49(50)75)42-31(10-9-26-24(2)30(52)15-32(62-43)41(26)42)63-47(73)44(51(53,54)55)81-23-60-37(67)18-58-45(71)33(13-25-7-5-4-6-8-25)61-38(68)19-57-36(66)17-59-46(72)35(16-56-22-82-83(77,78)79)65-39(69)11-12-40(65)70/h4-8,11-12,14-15,31,33,35,44,56,76-79H,3,9-10,13,16-23H2,1-2H3,(H5-,57,58,59,60,61,63,66,67,68,71,72,73)/p+1/t31?,33-,35?,44+,50-/m0/s1. The van der Waals surface area contributed by atoms with Gasteiger partial charge in [-0.05, 0) is 54.5 Å². The molecule has 0 spiro atoms. The number of aliphatic hydroxyl groups is 1. The SMILES string of the molecule is CC[C@@]1(O)C(=O)OCc2c1cc1n(c2=O)Cc2c-1nc1cc(F)c(C)c3c1c2C(NC(=O)[C@@H](OCNC(=O)CNC(=O)[C@H](Cc1ccccc1)NC(=O)CNC(=O)CNC(=O)C(CNCO[P+](O)(O)O)N1C(=O)C=CC1=O)C(F)(F)F)CC3. The van der Waals surface area contributed by atoms with Crippen LogP contribution in [0.25, 0.3) is 22.3 Å². The second-order valence-corrected chi connectivity index (χ2v) is 20.7. The molecule has 0 saturated carbocycles. The molecule has 4 aliphatic rings. The first kappa shape index (κ1) is 60.9. The van der Waals surface area contributed by atoms with Crippen molar-refractivity contribution in [3.63, 3.8) is 0 Å². The van der Waals surface area contributed by atoms with Crippen LogP contribution < -0.4 is 42.8 Å². The number of amides is 8. The van der Waals surface area contributed by atoms with E-state index in [2.05, 4.69) is 36.4 Å². The molecule has 27 nitrogen and oxygen atoms in total. The van der Waals surface area contributed by atoms with Gasteiger partial charge < -0.3 is 51.0 Å². The molecule has 2 aromatic heterocycles. The molecule has 5 heterocycles. The van der Waals surface area contributed by atoms with Crippen LogP contribution in [-0.2, 0) is 88.7 Å². The minimum atomic E-state index is -5.37. The predicted octanol–water partition coefficient (Wildman–Crippen LogP) is -1.76. The van der Waals surface area contributed by atoms with E-state index in [9.17, 15) is 66.2 Å². The Balaban J connectivity index is 0.877. The Bertz CT molecular complexity index is 3400. The summed E-state index contributed by atoms with van der Waals surface area (Å²) in [6.07, 6.45) is -7.11. The van der Waals surface area contributed by atoms with E-state index in [1.807, 2.05) is 5.32 Å². The van der Waals surface area contributed by atoms with Gasteiger partial charge in [-0.3, -0.25) is 53.4 Å². The van der Waals surface area contributed by atoms with Gasteiger partial charge in [-0.2, -0.15) is 27.9 Å². The predicted molar refractivity (Wildman–Crippen MR) is 276 cm³/mol. The van der Waals surface area contributed by atoms with Crippen molar-refractivity contribution in [2.24, 2.45) is 0 Å². The summed E-state index contributed by atoms with van der Waals surface area (Å²) in [5, 5.41) is 27.5. The van der Waals surface area contributed by atoms with Crippen molar-refractivity contribution < 1.29 is 94.5 Å². The zero-order chi connectivity index (χ0) is 60.3. The molecule has 0 radical (unpaired) electrons. The summed E-state index contributed by atoms with van der Waals surface area (Å²) in [6.45, 7) is -2.60. The van der Waals surface area contributed by atoms with E-state index in [0.29, 0.717) is 27.0 Å². The first-order chi connectivity index (χ1) is 39.2. The smallest absolute Gasteiger partial charge is 0.458 e. The van der Waals surface area contributed by atoms with Crippen molar-refractivity contribution in [2.75, 3.05) is 39.6 Å². The monoisotopic (exact) mass is 1190 g/mol. The van der Waals surface area contributed by atoms with Crippen molar-refractivity contribution >= 4 is 72.3 Å². The maximum atomic E-state index is 15.4. The van der Waals surface area contributed by atoms with Crippen LogP contribution in [0.2, 0.25) is 0 Å². The first-order valence-corrected chi connectivity index (χ1v) is 27.0. The number of halogens is 4. The fourth-order valence-corrected chi connectivity index (χ4v) is 10.3. The number of pyridine rings is 2. The Hall–Kier alpha value is -8.16. The Morgan fingerprint density at radius 1 is 0.867 bits per heavy atom. The average molecular weight is 1190 g/mol. The van der Waals surface area contributed by atoms with Crippen molar-refractivity contribution in [3.8, 4) is 11.4 Å². The molecule has 3 aliphatic heterocycles. The molecule has 0 saturated heterocycles. The molecule has 0 bridgehead atoms. The second kappa shape index (κ2) is 24.7. The molecule has 83 heavy (non-hydrogen) atoms. The summed E-state index contributed by atoms with van der Waals surface area (Å²) >= 11 is 0. The van der Waals surface area contributed by atoms with Gasteiger partial charge in [0, 0.05) is 47.7 Å². The minimum absolute atomic E-state index is 0.00453. The van der Waals surface area contributed by atoms with E-state index >= 15 is 4.39 Å². The van der Waals surface area contributed by atoms with Gasteiger partial charge in [0.25, 0.3) is 23.3 Å². The Kier molecular flexibility index (Phi) is 18.2. The summed E-state index contributed by atoms with van der Waals surface area (Å²) in [5.74, 6) is -10.1. The molecule has 0 fully saturated rings. The number of carbonyl (C=O) groups excluding carboxylic acids is 9. The summed E-state index contributed by atoms with van der Waals surface area (Å²) in [6, 6.07) is 6.40. The Labute approximate surface area is 466 Å². The highest BCUT2D eigenvalue weighted by atomic mass is 31.2. The van der Waals surface area contributed by atoms with E-state index < -0.39 is 155 Å². The maximum absolute atomic E-state index is 15.4. The fourth-order valence-electron chi connectivity index (χ4n) is 10.0. The lowest BCUT2D eigenvalue weighted by molar-refractivity contribution is -0.220. The van der Waals surface area contributed by atoms with Gasteiger partial charge in [0.1, 0.15) is 31.2 Å². The van der Waals surface area contributed by atoms with E-state index in [1.165, 1.54) is 24.5 Å². The van der Waals surface area contributed by atoms with Crippen LogP contribution in [0.5, 0.6) is 0 Å². The highest BCUT2D eigenvalue weighted by Gasteiger charge is 2.49. The molecule has 4 aromatic rings. The van der Waals surface area contributed by atoms with Crippen LogP contribution in [0.15, 0.2) is 59.4 Å². The second-order valence-electron chi connectivity index (χ2n) is 19.4. The lowest BCUT2D eigenvalue weighted by Crippen LogP contribution is -2.56. The number of fused-ring (bicyclic) bond motifs is 5. The molecule has 5 atom stereocenters. The number of nitrogens with zero attached hydrogens (tertiary/aromatic N) is 3. The molecule has 8 amide bonds. The topological polar surface area (TPSA) is 385 Å². The van der Waals surface area contributed by atoms with Crippen LogP contribution in [0.1, 0.15) is 64.8 Å². The lowest BCUT2D eigenvalue weighted by atomic mass is 9.81. The highest BCUT2D eigenvalue weighted by molar-refractivity contribution is 7.53. The maximum Gasteiger partial charge on any atom is 0.568 e. The largest absolute Gasteiger partial charge is 0.568 e. The minimum Gasteiger partial charge on any atom is -0.458 e. The molecular formula is C51H54F4N10O17P+. The number of carbonyl (C=O) groups is 9. The van der Waals surface area contributed by atoms with Crippen molar-refractivity contribution in [3.05, 3.63) is 110 Å². The molecule has 32 heteroatoms. The highest BCUT2D eigenvalue weighted by Crippen LogP contribution is 2.47. The molecule has 2 unspecified atom stereocenters. The van der Waals surface area contributed by atoms with Crippen LogP contribution in [0.4, 0.5) is 17.6 Å². The van der Waals surface area contributed by atoms with Gasteiger partial charge in [-0.1, -0.05) is 37.3 Å². The number of benzene rings is 2. The molecule has 11 N–H and O–H groups in total. The lowest BCUT2D eigenvalue weighted by Gasteiger charge is -2.31. The summed E-state index contributed by atoms with van der Waals surface area (Å²) in [4.78, 5) is 162. The molecule has 1 aliphatic carbocycles. The third-order valence-corrected chi connectivity index (χ3v) is 14.6. The number of cyclic esters (lactones) is 1. The number of aromatic nitrogens is 2. The van der Waals surface area contributed by atoms with Crippen LogP contribution in [0, 0.1) is 12.7 Å². The van der Waals surface area contributed by atoms with Gasteiger partial charge in [0.2, 0.25) is 35.6 Å². The Morgan fingerprint density at radius 3 is 2.19 bits per heavy atom. The average Bonchev–Trinajstić information content (AvgIpc) is 3.85. The van der Waals surface area contributed by atoms with Crippen molar-refractivity contribution in [1.82, 2.24) is 51.7 Å². The molecule has 8 rings (SSSR count). The quantitative estimate of drug-likeness (QED) is 0.00862. The van der Waals surface area contributed by atoms with Crippen molar-refractivity contribution in [1.29, 1.82) is 0 Å². The van der Waals surface area contributed by atoms with E-state index in [-0.39, 0.29) is 71.4 Å². The van der Waals surface area contributed by atoms with Crippen molar-refractivity contribution in [2.45, 2.75) is 88.7 Å². The molecule has 442 valence electrons. The van der Waals surface area contributed by atoms with Crippen LogP contribution in [0.3, 0.4) is 0 Å². The van der Waals surface area contributed by atoms with E-state index in [4.69, 9.17) is 29.1 Å². The normalized spacial score (nSPS) is 18.1. The molecular weight excluding hydrogens is 1130 g/mol. The summed E-state index contributed by atoms with van der Waals surface area (Å²) in [5.41, 5.74) is -0.776. The fraction of sp³-hybridized carbons (Fsp3) is 0.392. The number of rotatable bonds is 23. The van der Waals surface area contributed by atoms with Gasteiger partial charge in [0.05, 0.1) is 54.7 Å². The zero-order valence-corrected chi connectivity index (χ0v) is 44.8. The number of nitrogens with one attached hydrogen (secondary N) is 7. The van der Waals surface area contributed by atoms with Gasteiger partial charge in [0.15, 0.2) is 12.3 Å². The summed E-state index contributed by atoms with van der Waals surface area (Å²) in [7, 11) is -4.69. The third kappa shape index (κ3) is 13.4. The van der Waals surface area contributed by atoms with Gasteiger partial charge in [-0.25, -0.2) is 14.2 Å². The molecule has 2 aromatic carbocycles. The van der Waals surface area contributed by atoms with Crippen LogP contribution >= 0.6 is 8.17 Å². The van der Waals surface area contributed by atoms with Gasteiger partial charge >= 0.3 is 20.3 Å². The van der Waals surface area contributed by atoms with E-state index in [1.54, 1.807) is 30.3 Å². The number of imide groups is 1. The zero-order valence-electron chi connectivity index (χ0n) is 43.9. The van der Waals surface area contributed by atoms with Gasteiger partial charge in [-0.15, -0.1) is 4.52 Å². The summed E-state index contributed by atoms with van der Waals surface area (Å²) < 4.78 is 75.2. The third-order valence-electron chi connectivity index (χ3n) is 14.1.